The van der Waals surface area contributed by atoms with Gasteiger partial charge < -0.3 is 10.0 Å². The minimum absolute atomic E-state index is 0.0579. The number of halogens is 2. The molecule has 1 fully saturated rings. The summed E-state index contributed by atoms with van der Waals surface area (Å²) in [5.74, 6) is -2.45. The minimum atomic E-state index is -4.21. The Labute approximate surface area is 149 Å². The first kappa shape index (κ1) is 18.3. The van der Waals surface area contributed by atoms with Gasteiger partial charge in [-0.1, -0.05) is 12.1 Å². The number of hydrogen-bond acceptors (Lipinski definition) is 4. The van der Waals surface area contributed by atoms with E-state index < -0.39 is 32.5 Å². The van der Waals surface area contributed by atoms with Crippen LogP contribution in [0.5, 0.6) is 5.75 Å². The highest BCUT2D eigenvalue weighted by atomic mass is 32.2. The monoisotopic (exact) mass is 382 g/mol. The molecule has 2 aromatic carbocycles. The number of amides is 1. The molecule has 1 saturated heterocycles. The molecule has 0 atom stereocenters. The third kappa shape index (κ3) is 3.40. The quantitative estimate of drug-likeness (QED) is 0.878. The van der Waals surface area contributed by atoms with Crippen molar-refractivity contribution in [1.82, 2.24) is 9.21 Å². The zero-order chi connectivity index (χ0) is 18.9. The Morgan fingerprint density at radius 2 is 1.65 bits per heavy atom. The summed E-state index contributed by atoms with van der Waals surface area (Å²) < 4.78 is 53.2. The molecule has 9 heteroatoms. The maximum absolute atomic E-state index is 13.8. The minimum Gasteiger partial charge on any atom is -0.507 e. The van der Waals surface area contributed by atoms with Crippen molar-refractivity contribution in [2.24, 2.45) is 0 Å². The fourth-order valence-electron chi connectivity index (χ4n) is 2.77. The predicted molar refractivity (Wildman–Crippen MR) is 89.1 cm³/mol. The van der Waals surface area contributed by atoms with E-state index in [4.69, 9.17) is 0 Å². The van der Waals surface area contributed by atoms with Gasteiger partial charge in [-0.25, -0.2) is 17.2 Å². The van der Waals surface area contributed by atoms with Crippen LogP contribution in [0.25, 0.3) is 0 Å². The molecule has 1 aliphatic rings. The van der Waals surface area contributed by atoms with Gasteiger partial charge in [0.2, 0.25) is 10.0 Å². The Balaban J connectivity index is 1.75. The van der Waals surface area contributed by atoms with Gasteiger partial charge in [0.05, 0.1) is 5.56 Å². The second-order valence-corrected chi connectivity index (χ2v) is 7.69. The van der Waals surface area contributed by atoms with Crippen molar-refractivity contribution in [2.45, 2.75) is 4.90 Å². The molecule has 1 amide bonds. The summed E-state index contributed by atoms with van der Waals surface area (Å²) in [5, 5.41) is 9.77. The van der Waals surface area contributed by atoms with Crippen molar-refractivity contribution in [1.29, 1.82) is 0 Å². The van der Waals surface area contributed by atoms with E-state index in [-0.39, 0.29) is 37.5 Å². The molecule has 1 aliphatic heterocycles. The Morgan fingerprint density at radius 3 is 2.31 bits per heavy atom. The topological polar surface area (TPSA) is 77.9 Å². The molecule has 0 aromatic heterocycles. The van der Waals surface area contributed by atoms with Crippen molar-refractivity contribution in [3.8, 4) is 5.75 Å². The second-order valence-electron chi connectivity index (χ2n) is 5.79. The van der Waals surface area contributed by atoms with E-state index in [2.05, 4.69) is 0 Å². The van der Waals surface area contributed by atoms with E-state index in [0.29, 0.717) is 6.07 Å². The summed E-state index contributed by atoms with van der Waals surface area (Å²) in [6.07, 6.45) is 0. The molecule has 0 unspecified atom stereocenters. The van der Waals surface area contributed by atoms with Crippen LogP contribution in [0.4, 0.5) is 8.78 Å². The highest BCUT2D eigenvalue weighted by Gasteiger charge is 2.32. The van der Waals surface area contributed by atoms with Crippen LogP contribution in [0.2, 0.25) is 0 Å². The van der Waals surface area contributed by atoms with Crippen LogP contribution in [-0.2, 0) is 10.0 Å². The molecule has 0 radical (unpaired) electrons. The average molecular weight is 382 g/mol. The van der Waals surface area contributed by atoms with Crippen LogP contribution in [0, 0.1) is 11.6 Å². The Bertz CT molecular complexity index is 942. The van der Waals surface area contributed by atoms with Gasteiger partial charge >= 0.3 is 0 Å². The van der Waals surface area contributed by atoms with Gasteiger partial charge in [-0.15, -0.1) is 0 Å². The molecule has 0 bridgehead atoms. The van der Waals surface area contributed by atoms with Crippen LogP contribution < -0.4 is 0 Å². The fourth-order valence-corrected chi connectivity index (χ4v) is 4.27. The van der Waals surface area contributed by atoms with Gasteiger partial charge in [-0.3, -0.25) is 4.79 Å². The largest absolute Gasteiger partial charge is 0.507 e. The Hall–Kier alpha value is -2.52. The second kappa shape index (κ2) is 7.00. The van der Waals surface area contributed by atoms with Gasteiger partial charge in [0.1, 0.15) is 22.3 Å². The smallest absolute Gasteiger partial charge is 0.257 e. The van der Waals surface area contributed by atoms with Crippen molar-refractivity contribution in [3.63, 3.8) is 0 Å². The lowest BCUT2D eigenvalue weighted by molar-refractivity contribution is 0.0694. The van der Waals surface area contributed by atoms with E-state index in [9.17, 15) is 27.1 Å². The van der Waals surface area contributed by atoms with E-state index in [1.54, 1.807) is 12.1 Å². The summed E-state index contributed by atoms with van der Waals surface area (Å²) in [5.41, 5.74) is 0.125. The molecule has 138 valence electrons. The number of carbonyl (C=O) groups is 1. The third-order valence-electron chi connectivity index (χ3n) is 4.17. The molecule has 0 saturated carbocycles. The molecule has 0 aliphatic carbocycles. The zero-order valence-corrected chi connectivity index (χ0v) is 14.4. The van der Waals surface area contributed by atoms with E-state index in [1.807, 2.05) is 0 Å². The first-order chi connectivity index (χ1) is 12.3. The SMILES string of the molecule is O=C(c1ccccc1O)N1CCN(S(=O)(=O)c2cc(F)ccc2F)CC1. The first-order valence-corrected chi connectivity index (χ1v) is 9.27. The van der Waals surface area contributed by atoms with Crippen LogP contribution in [-0.4, -0.2) is 54.8 Å². The molecule has 1 heterocycles. The van der Waals surface area contributed by atoms with Gasteiger partial charge in [0, 0.05) is 26.2 Å². The lowest BCUT2D eigenvalue weighted by atomic mass is 10.1. The highest BCUT2D eigenvalue weighted by Crippen LogP contribution is 2.23. The Kier molecular flexibility index (Phi) is 4.92. The van der Waals surface area contributed by atoms with Crippen LogP contribution >= 0.6 is 0 Å². The van der Waals surface area contributed by atoms with Gasteiger partial charge in [0.15, 0.2) is 0 Å². The number of para-hydroxylation sites is 1. The third-order valence-corrected chi connectivity index (χ3v) is 6.09. The highest BCUT2D eigenvalue weighted by molar-refractivity contribution is 7.89. The number of nitrogens with zero attached hydrogens (tertiary/aromatic N) is 2. The number of phenols is 1. The zero-order valence-electron chi connectivity index (χ0n) is 13.6. The first-order valence-electron chi connectivity index (χ1n) is 7.83. The summed E-state index contributed by atoms with van der Waals surface area (Å²) >= 11 is 0. The van der Waals surface area contributed by atoms with E-state index in [1.165, 1.54) is 17.0 Å². The summed E-state index contributed by atoms with van der Waals surface area (Å²) in [6, 6.07) is 8.32. The molecule has 1 N–H and O–H groups in total. The van der Waals surface area contributed by atoms with Crippen molar-refractivity contribution < 1.29 is 27.1 Å². The summed E-state index contributed by atoms with van der Waals surface area (Å²) in [4.78, 5) is 13.1. The number of rotatable bonds is 3. The van der Waals surface area contributed by atoms with Gasteiger partial charge in [-0.05, 0) is 30.3 Å². The molecular weight excluding hydrogens is 366 g/mol. The number of aromatic hydroxyl groups is 1. The van der Waals surface area contributed by atoms with Gasteiger partial charge in [-0.2, -0.15) is 4.31 Å². The average Bonchev–Trinajstić information content (AvgIpc) is 2.63. The van der Waals surface area contributed by atoms with Gasteiger partial charge in [0.25, 0.3) is 5.91 Å². The van der Waals surface area contributed by atoms with E-state index >= 15 is 0 Å². The van der Waals surface area contributed by atoms with Crippen LogP contribution in [0.3, 0.4) is 0 Å². The lowest BCUT2D eigenvalue weighted by Crippen LogP contribution is -2.50. The lowest BCUT2D eigenvalue weighted by Gasteiger charge is -2.34. The molecule has 2 aromatic rings. The van der Waals surface area contributed by atoms with Crippen LogP contribution in [0.15, 0.2) is 47.4 Å². The number of sulfonamides is 1. The number of phenolic OH excluding ortho intramolecular Hbond substituents is 1. The normalized spacial score (nSPS) is 15.8. The molecule has 6 nitrogen and oxygen atoms in total. The molecular formula is C17H16F2N2O4S. The number of carbonyl (C=O) groups excluding carboxylic acids is 1. The maximum Gasteiger partial charge on any atom is 0.257 e. The molecule has 3 rings (SSSR count). The number of hydrogen-bond donors (Lipinski definition) is 1. The maximum atomic E-state index is 13.8. The van der Waals surface area contributed by atoms with Crippen molar-refractivity contribution in [2.75, 3.05) is 26.2 Å². The Morgan fingerprint density at radius 1 is 1.00 bits per heavy atom. The molecule has 0 spiro atoms. The standard InChI is InChI=1S/C17H16F2N2O4S/c18-12-5-6-14(19)16(11-12)26(24,25)21-9-7-20(8-10-21)17(23)13-3-1-2-4-15(13)22/h1-6,11,22H,7-10H2. The van der Waals surface area contributed by atoms with Crippen molar-refractivity contribution >= 4 is 15.9 Å². The number of piperazine rings is 1. The van der Waals surface area contributed by atoms with Crippen molar-refractivity contribution in [3.05, 3.63) is 59.7 Å². The van der Waals surface area contributed by atoms with E-state index in [0.717, 1.165) is 16.4 Å². The van der Waals surface area contributed by atoms with Crippen LogP contribution in [0.1, 0.15) is 10.4 Å². The number of benzene rings is 2. The fraction of sp³-hybridized carbons (Fsp3) is 0.235. The predicted octanol–water partition coefficient (Wildman–Crippen LogP) is 1.82. The summed E-state index contributed by atoms with van der Waals surface area (Å²) in [6.45, 7) is 0.0297. The summed E-state index contributed by atoms with van der Waals surface area (Å²) in [7, 11) is -4.21. The molecule has 26 heavy (non-hydrogen) atoms.